The second kappa shape index (κ2) is 10.7. The lowest BCUT2D eigenvalue weighted by Gasteiger charge is -2.15. The summed E-state index contributed by atoms with van der Waals surface area (Å²) in [6.45, 7) is 1.37. The number of nitrogens with one attached hydrogen (secondary N) is 2. The van der Waals surface area contributed by atoms with Crippen molar-refractivity contribution in [3.8, 4) is 17.3 Å². The summed E-state index contributed by atoms with van der Waals surface area (Å²) in [5, 5.41) is 13.1. The van der Waals surface area contributed by atoms with Gasteiger partial charge in [-0.3, -0.25) is 15.1 Å². The molecule has 4 rings (SSSR count). The van der Waals surface area contributed by atoms with E-state index in [9.17, 15) is 18.4 Å². The van der Waals surface area contributed by atoms with E-state index in [1.807, 2.05) is 0 Å². The molecule has 0 radical (unpaired) electrons. The van der Waals surface area contributed by atoms with E-state index < -0.39 is 29.9 Å². The minimum atomic E-state index is -1.14. The smallest absolute Gasteiger partial charge is 0.413 e. The first-order chi connectivity index (χ1) is 17.7. The van der Waals surface area contributed by atoms with Crippen LogP contribution < -0.4 is 15.4 Å². The van der Waals surface area contributed by atoms with E-state index in [0.29, 0.717) is 17.3 Å². The fourth-order valence-electron chi connectivity index (χ4n) is 3.21. The third-order valence-corrected chi connectivity index (χ3v) is 5.07. The van der Waals surface area contributed by atoms with E-state index >= 15 is 0 Å². The van der Waals surface area contributed by atoms with Gasteiger partial charge in [0.25, 0.3) is 5.91 Å². The Bertz CT molecular complexity index is 1450. The number of hydrogen-bond acceptors (Lipinski definition) is 9. The minimum Gasteiger partial charge on any atom is -0.481 e. The highest BCUT2D eigenvalue weighted by atomic mass is 19.1. The Morgan fingerprint density at radius 3 is 2.59 bits per heavy atom. The van der Waals surface area contributed by atoms with Crippen LogP contribution in [0, 0.1) is 11.8 Å². The molecule has 190 valence electrons. The number of pyridine rings is 3. The molecule has 2 N–H and O–H groups in total. The first-order valence-electron chi connectivity index (χ1n) is 10.7. The predicted molar refractivity (Wildman–Crippen MR) is 126 cm³/mol. The van der Waals surface area contributed by atoms with Gasteiger partial charge in [-0.1, -0.05) is 5.21 Å². The molecule has 1 atom stereocenters. The van der Waals surface area contributed by atoms with Crippen molar-refractivity contribution in [2.45, 2.75) is 13.0 Å². The zero-order valence-electron chi connectivity index (χ0n) is 19.8. The second-order valence-corrected chi connectivity index (χ2v) is 7.59. The van der Waals surface area contributed by atoms with Crippen LogP contribution in [0.4, 0.5) is 25.1 Å². The molecule has 0 aliphatic rings. The number of rotatable bonds is 7. The first kappa shape index (κ1) is 25.1. The predicted octanol–water partition coefficient (Wildman–Crippen LogP) is 3.52. The van der Waals surface area contributed by atoms with Crippen molar-refractivity contribution >= 4 is 23.5 Å². The van der Waals surface area contributed by atoms with E-state index in [1.165, 1.54) is 50.3 Å². The Kier molecular flexibility index (Phi) is 7.27. The van der Waals surface area contributed by atoms with Gasteiger partial charge in [0.1, 0.15) is 11.9 Å². The number of aromatic nitrogens is 6. The molecule has 4 aromatic heterocycles. The van der Waals surface area contributed by atoms with Crippen LogP contribution >= 0.6 is 0 Å². The SMILES string of the molecule is COc1cc(NC(=O)c2ccc(-c3nnn(C)c3NC(=O)O[C@H](C)c3cc(F)cnc3F)nc2)ccn1. The maximum Gasteiger partial charge on any atom is 0.413 e. The van der Waals surface area contributed by atoms with Crippen molar-refractivity contribution < 1.29 is 27.8 Å². The van der Waals surface area contributed by atoms with Gasteiger partial charge >= 0.3 is 6.09 Å². The highest BCUT2D eigenvalue weighted by molar-refractivity contribution is 6.04. The molecule has 2 amide bonds. The van der Waals surface area contributed by atoms with Crippen LogP contribution in [0.2, 0.25) is 0 Å². The summed E-state index contributed by atoms with van der Waals surface area (Å²) in [6, 6.07) is 7.12. The zero-order valence-corrected chi connectivity index (χ0v) is 19.8. The second-order valence-electron chi connectivity index (χ2n) is 7.59. The van der Waals surface area contributed by atoms with Gasteiger partial charge < -0.3 is 14.8 Å². The Morgan fingerprint density at radius 1 is 1.05 bits per heavy atom. The van der Waals surface area contributed by atoms with Crippen LogP contribution in [0.3, 0.4) is 0 Å². The van der Waals surface area contributed by atoms with Gasteiger partial charge in [-0.2, -0.15) is 4.39 Å². The number of hydrogen-bond donors (Lipinski definition) is 2. The lowest BCUT2D eigenvalue weighted by atomic mass is 10.2. The van der Waals surface area contributed by atoms with Gasteiger partial charge in [0.05, 0.1) is 30.1 Å². The summed E-state index contributed by atoms with van der Waals surface area (Å²) in [5.74, 6) is -1.67. The van der Waals surface area contributed by atoms with E-state index in [-0.39, 0.29) is 22.6 Å². The van der Waals surface area contributed by atoms with E-state index in [2.05, 4.69) is 35.9 Å². The molecule has 0 aliphatic carbocycles. The first-order valence-corrected chi connectivity index (χ1v) is 10.7. The average Bonchev–Trinajstić information content (AvgIpc) is 3.25. The van der Waals surface area contributed by atoms with Crippen LogP contribution in [0.5, 0.6) is 5.88 Å². The largest absolute Gasteiger partial charge is 0.481 e. The number of anilines is 2. The number of carbonyl (C=O) groups is 2. The third-order valence-electron chi connectivity index (χ3n) is 5.07. The quantitative estimate of drug-likeness (QED) is 0.357. The Morgan fingerprint density at radius 2 is 1.86 bits per heavy atom. The van der Waals surface area contributed by atoms with Crippen molar-refractivity contribution in [2.75, 3.05) is 17.7 Å². The number of aryl methyl sites for hydroxylation is 1. The van der Waals surface area contributed by atoms with Crippen molar-refractivity contribution in [3.05, 3.63) is 71.8 Å². The van der Waals surface area contributed by atoms with Gasteiger partial charge in [-0.05, 0) is 31.2 Å². The molecule has 0 aliphatic heterocycles. The van der Waals surface area contributed by atoms with Crippen LogP contribution in [0.25, 0.3) is 11.4 Å². The summed E-state index contributed by atoms with van der Waals surface area (Å²) in [7, 11) is 2.99. The van der Waals surface area contributed by atoms with Crippen molar-refractivity contribution in [3.63, 3.8) is 0 Å². The van der Waals surface area contributed by atoms with Crippen molar-refractivity contribution in [1.29, 1.82) is 0 Å². The van der Waals surface area contributed by atoms with E-state index in [1.54, 1.807) is 12.1 Å². The number of methoxy groups -OCH3 is 1. The summed E-state index contributed by atoms with van der Waals surface area (Å²) in [6.07, 6.45) is 1.45. The topological polar surface area (TPSA) is 146 Å². The molecule has 4 aromatic rings. The highest BCUT2D eigenvalue weighted by Crippen LogP contribution is 2.25. The average molecular weight is 510 g/mol. The fraction of sp³-hybridized carbons (Fsp3) is 0.174. The number of carbonyl (C=O) groups excluding carboxylic acids is 2. The van der Waals surface area contributed by atoms with Crippen LogP contribution in [0.1, 0.15) is 28.9 Å². The lowest BCUT2D eigenvalue weighted by molar-refractivity contribution is 0.102. The summed E-state index contributed by atoms with van der Waals surface area (Å²) >= 11 is 0. The summed E-state index contributed by atoms with van der Waals surface area (Å²) in [4.78, 5) is 36.5. The molecule has 0 unspecified atom stereocenters. The maximum atomic E-state index is 13.9. The van der Waals surface area contributed by atoms with Gasteiger partial charge in [0, 0.05) is 31.2 Å². The highest BCUT2D eigenvalue weighted by Gasteiger charge is 2.21. The lowest BCUT2D eigenvalue weighted by Crippen LogP contribution is -2.19. The molecule has 14 heteroatoms. The molecule has 0 fully saturated rings. The fourth-order valence-corrected chi connectivity index (χ4v) is 3.21. The normalized spacial score (nSPS) is 11.5. The Hall–Kier alpha value is -5.01. The number of ether oxygens (including phenoxy) is 2. The molecule has 0 aromatic carbocycles. The number of nitrogens with zero attached hydrogens (tertiary/aromatic N) is 6. The zero-order chi connectivity index (χ0) is 26.5. The Balaban J connectivity index is 1.46. The Labute approximate surface area is 208 Å². The molecule has 0 saturated heterocycles. The van der Waals surface area contributed by atoms with Gasteiger partial charge in [-0.15, -0.1) is 5.10 Å². The standard InChI is InChI=1S/C23H20F2N8O4/c1-12(16-8-14(24)11-28-20(16)25)37-23(35)30-21-19(31-32-33(21)2)17-5-4-13(10-27-17)22(34)29-15-6-7-26-18(9-15)36-3/h4-12H,1-3H3,(H,30,35)(H,26,29,34)/t12-/m1/s1. The monoisotopic (exact) mass is 510 g/mol. The summed E-state index contributed by atoms with van der Waals surface area (Å²) in [5.41, 5.74) is 1.02. The number of halogens is 2. The van der Waals surface area contributed by atoms with Crippen LogP contribution in [-0.2, 0) is 11.8 Å². The molecule has 0 saturated carbocycles. The van der Waals surface area contributed by atoms with Gasteiger partial charge in [0.2, 0.25) is 11.8 Å². The van der Waals surface area contributed by atoms with E-state index in [4.69, 9.17) is 9.47 Å². The maximum absolute atomic E-state index is 13.9. The van der Waals surface area contributed by atoms with Crippen LogP contribution in [0.15, 0.2) is 48.9 Å². The van der Waals surface area contributed by atoms with Gasteiger partial charge in [-0.25, -0.2) is 23.8 Å². The van der Waals surface area contributed by atoms with Gasteiger partial charge in [0.15, 0.2) is 11.5 Å². The van der Waals surface area contributed by atoms with Crippen molar-refractivity contribution in [2.24, 2.45) is 7.05 Å². The van der Waals surface area contributed by atoms with Crippen LogP contribution in [-0.4, -0.2) is 49.1 Å². The minimum absolute atomic E-state index is 0.128. The molecule has 4 heterocycles. The molecular weight excluding hydrogens is 490 g/mol. The molecule has 0 spiro atoms. The molecule has 37 heavy (non-hydrogen) atoms. The summed E-state index contributed by atoms with van der Waals surface area (Å²) < 4.78 is 38.8. The molecule has 0 bridgehead atoms. The molecular formula is C23H20F2N8O4. The third kappa shape index (κ3) is 5.80. The number of amides is 2. The molecule has 12 nitrogen and oxygen atoms in total. The van der Waals surface area contributed by atoms with E-state index in [0.717, 1.165) is 12.3 Å². The van der Waals surface area contributed by atoms with Crippen molar-refractivity contribution in [1.82, 2.24) is 29.9 Å².